The molecule has 0 radical (unpaired) electrons. The van der Waals surface area contributed by atoms with E-state index >= 15 is 0 Å². The molecule has 0 saturated carbocycles. The summed E-state index contributed by atoms with van der Waals surface area (Å²) in [6.45, 7) is 0.431. The van der Waals surface area contributed by atoms with Gasteiger partial charge in [-0.1, -0.05) is 53.5 Å². The van der Waals surface area contributed by atoms with Crippen molar-refractivity contribution in [2.45, 2.75) is 6.54 Å². The van der Waals surface area contributed by atoms with E-state index in [4.69, 9.17) is 33.9 Å². The van der Waals surface area contributed by atoms with E-state index in [1.54, 1.807) is 6.33 Å². The molecule has 3 heterocycles. The summed E-state index contributed by atoms with van der Waals surface area (Å²) in [5.74, 6) is 0.707. The van der Waals surface area contributed by atoms with Crippen LogP contribution in [0.3, 0.4) is 0 Å². The summed E-state index contributed by atoms with van der Waals surface area (Å²) in [4.78, 5) is 20.5. The molecule has 0 atom stereocenters. The summed E-state index contributed by atoms with van der Waals surface area (Å²) >= 11 is 12.9. The second-order valence-electron chi connectivity index (χ2n) is 6.67. The molecule has 0 amide bonds. The Balaban J connectivity index is 1.63. The number of halogens is 2. The van der Waals surface area contributed by atoms with Gasteiger partial charge in [-0.2, -0.15) is 9.97 Å². The Kier molecular flexibility index (Phi) is 4.61. The van der Waals surface area contributed by atoms with Crippen LogP contribution in [0.1, 0.15) is 5.56 Å². The Morgan fingerprint density at radius 1 is 0.967 bits per heavy atom. The maximum atomic E-state index is 6.48. The number of para-hydroxylation sites is 1. The largest absolute Gasteiger partial charge is 0.368 e. The van der Waals surface area contributed by atoms with Gasteiger partial charge in [0.15, 0.2) is 11.5 Å². The van der Waals surface area contributed by atoms with Crippen LogP contribution in [0.15, 0.2) is 54.9 Å². The SMILES string of the molecule is Nc1nc(NCc2cc3cccc(Cl)c3nc2-c2ccccc2Cl)c2[nH]cnc2n1. The predicted octanol–water partition coefficient (Wildman–Crippen LogP) is 5.07. The van der Waals surface area contributed by atoms with Gasteiger partial charge < -0.3 is 16.0 Å². The predicted molar refractivity (Wildman–Crippen MR) is 121 cm³/mol. The Bertz CT molecular complexity index is 1400. The first kappa shape index (κ1) is 18.6. The minimum Gasteiger partial charge on any atom is -0.368 e. The van der Waals surface area contributed by atoms with E-state index in [0.717, 1.165) is 27.7 Å². The standard InChI is InChI=1S/C21H15Cl2N7/c22-14-6-2-1-5-13(14)16-12(8-11-4-3-7-15(23)17(11)28-16)9-25-19-18-20(27-10-26-18)30-21(24)29-19/h1-8,10H,9H2,(H4,24,25,26,27,29,30). The average Bonchev–Trinajstić information content (AvgIpc) is 3.21. The molecule has 0 aliphatic carbocycles. The van der Waals surface area contributed by atoms with Gasteiger partial charge in [0, 0.05) is 22.5 Å². The molecule has 0 unspecified atom stereocenters. The minimum atomic E-state index is 0.145. The first-order valence-electron chi connectivity index (χ1n) is 9.13. The highest BCUT2D eigenvalue weighted by Crippen LogP contribution is 2.33. The van der Waals surface area contributed by atoms with Crippen molar-refractivity contribution in [2.75, 3.05) is 11.1 Å². The van der Waals surface area contributed by atoms with Gasteiger partial charge in [-0.15, -0.1) is 0 Å². The monoisotopic (exact) mass is 435 g/mol. The van der Waals surface area contributed by atoms with Gasteiger partial charge in [-0.3, -0.25) is 0 Å². The first-order chi connectivity index (χ1) is 14.6. The number of hydrogen-bond acceptors (Lipinski definition) is 6. The van der Waals surface area contributed by atoms with Crippen LogP contribution in [0.5, 0.6) is 0 Å². The molecule has 0 saturated heterocycles. The molecule has 4 N–H and O–H groups in total. The number of nitrogens with zero attached hydrogens (tertiary/aromatic N) is 4. The molecular weight excluding hydrogens is 421 g/mol. The molecule has 148 valence electrons. The molecule has 30 heavy (non-hydrogen) atoms. The fraction of sp³-hybridized carbons (Fsp3) is 0.0476. The van der Waals surface area contributed by atoms with Crippen LogP contribution >= 0.6 is 23.2 Å². The number of anilines is 2. The smallest absolute Gasteiger partial charge is 0.224 e. The zero-order valence-corrected chi connectivity index (χ0v) is 17.0. The summed E-state index contributed by atoms with van der Waals surface area (Å²) < 4.78 is 0. The maximum Gasteiger partial charge on any atom is 0.224 e. The van der Waals surface area contributed by atoms with Crippen molar-refractivity contribution < 1.29 is 0 Å². The number of nitrogen functional groups attached to an aromatic ring is 1. The molecule has 5 rings (SSSR count). The molecule has 0 spiro atoms. The molecule has 9 heteroatoms. The summed E-state index contributed by atoms with van der Waals surface area (Å²) in [5.41, 5.74) is 10.2. The lowest BCUT2D eigenvalue weighted by atomic mass is 10.0. The van der Waals surface area contributed by atoms with Gasteiger partial charge in [0.05, 0.1) is 22.6 Å². The van der Waals surface area contributed by atoms with Crippen LogP contribution in [0.4, 0.5) is 11.8 Å². The van der Waals surface area contributed by atoms with E-state index in [0.29, 0.717) is 33.6 Å². The van der Waals surface area contributed by atoms with Gasteiger partial charge in [0.2, 0.25) is 5.95 Å². The molecule has 7 nitrogen and oxygen atoms in total. The van der Waals surface area contributed by atoms with Crippen molar-refractivity contribution in [3.05, 3.63) is 70.5 Å². The number of H-pyrrole nitrogens is 1. The Hall–Kier alpha value is -3.42. The summed E-state index contributed by atoms with van der Waals surface area (Å²) in [7, 11) is 0. The van der Waals surface area contributed by atoms with Crippen molar-refractivity contribution in [1.82, 2.24) is 24.9 Å². The lowest BCUT2D eigenvalue weighted by molar-refractivity contribution is 1.09. The number of imidazole rings is 1. The number of hydrogen-bond donors (Lipinski definition) is 3. The van der Waals surface area contributed by atoms with Crippen molar-refractivity contribution in [1.29, 1.82) is 0 Å². The van der Waals surface area contributed by atoms with E-state index in [2.05, 4.69) is 31.3 Å². The van der Waals surface area contributed by atoms with Crippen LogP contribution in [0.25, 0.3) is 33.3 Å². The van der Waals surface area contributed by atoms with Crippen LogP contribution in [0.2, 0.25) is 10.0 Å². The Morgan fingerprint density at radius 3 is 2.67 bits per heavy atom. The normalized spacial score (nSPS) is 11.3. The van der Waals surface area contributed by atoms with Crippen LogP contribution < -0.4 is 11.1 Å². The first-order valence-corrected chi connectivity index (χ1v) is 9.89. The van der Waals surface area contributed by atoms with E-state index < -0.39 is 0 Å². The van der Waals surface area contributed by atoms with E-state index in [-0.39, 0.29) is 5.95 Å². The highest BCUT2D eigenvalue weighted by atomic mass is 35.5. The van der Waals surface area contributed by atoms with Crippen LogP contribution in [-0.2, 0) is 6.54 Å². The lowest BCUT2D eigenvalue weighted by Crippen LogP contribution is -2.07. The van der Waals surface area contributed by atoms with Crippen LogP contribution in [0, 0.1) is 0 Å². The zero-order chi connectivity index (χ0) is 20.7. The fourth-order valence-corrected chi connectivity index (χ4v) is 3.83. The Morgan fingerprint density at radius 2 is 1.80 bits per heavy atom. The van der Waals surface area contributed by atoms with E-state index in [1.807, 2.05) is 42.5 Å². The topological polar surface area (TPSA) is 105 Å². The summed E-state index contributed by atoms with van der Waals surface area (Å²) in [6, 6.07) is 15.3. The number of aromatic amines is 1. The second kappa shape index (κ2) is 7.44. The molecule has 2 aromatic carbocycles. The highest BCUT2D eigenvalue weighted by Gasteiger charge is 2.15. The quantitative estimate of drug-likeness (QED) is 0.363. The highest BCUT2D eigenvalue weighted by molar-refractivity contribution is 6.35. The molecule has 0 fully saturated rings. The minimum absolute atomic E-state index is 0.145. The van der Waals surface area contributed by atoms with Gasteiger partial charge >= 0.3 is 0 Å². The molecule has 0 aliphatic heterocycles. The third-order valence-corrected chi connectivity index (χ3v) is 5.39. The number of aromatic nitrogens is 5. The number of fused-ring (bicyclic) bond motifs is 2. The third kappa shape index (κ3) is 3.28. The number of nitrogens with one attached hydrogen (secondary N) is 2. The summed E-state index contributed by atoms with van der Waals surface area (Å²) in [6.07, 6.45) is 1.55. The second-order valence-corrected chi connectivity index (χ2v) is 7.49. The van der Waals surface area contributed by atoms with E-state index in [1.165, 1.54) is 0 Å². The number of pyridine rings is 1. The van der Waals surface area contributed by atoms with Crippen molar-refractivity contribution in [3.63, 3.8) is 0 Å². The molecule has 0 aliphatic rings. The zero-order valence-electron chi connectivity index (χ0n) is 15.5. The number of benzene rings is 2. The number of nitrogens with two attached hydrogens (primary N) is 1. The molecular formula is C21H15Cl2N7. The van der Waals surface area contributed by atoms with Crippen LogP contribution in [-0.4, -0.2) is 24.9 Å². The third-order valence-electron chi connectivity index (χ3n) is 4.75. The van der Waals surface area contributed by atoms with Gasteiger partial charge in [-0.25, -0.2) is 9.97 Å². The molecule has 3 aromatic heterocycles. The summed E-state index contributed by atoms with van der Waals surface area (Å²) in [5, 5.41) is 5.45. The molecule has 0 bridgehead atoms. The van der Waals surface area contributed by atoms with Crippen molar-refractivity contribution >= 4 is 57.0 Å². The van der Waals surface area contributed by atoms with E-state index in [9.17, 15) is 0 Å². The van der Waals surface area contributed by atoms with Crippen molar-refractivity contribution in [2.24, 2.45) is 0 Å². The Labute approximate surface area is 181 Å². The maximum absolute atomic E-state index is 6.48. The van der Waals surface area contributed by atoms with Crippen molar-refractivity contribution in [3.8, 4) is 11.3 Å². The van der Waals surface area contributed by atoms with Gasteiger partial charge in [-0.05, 0) is 23.8 Å². The number of rotatable bonds is 4. The molecule has 5 aromatic rings. The van der Waals surface area contributed by atoms with Gasteiger partial charge in [0.1, 0.15) is 5.52 Å². The lowest BCUT2D eigenvalue weighted by Gasteiger charge is -2.14. The van der Waals surface area contributed by atoms with Gasteiger partial charge in [0.25, 0.3) is 0 Å². The fourth-order valence-electron chi connectivity index (χ4n) is 3.38. The average molecular weight is 436 g/mol.